The average Bonchev–Trinajstić information content (AvgIpc) is 2.97. The summed E-state index contributed by atoms with van der Waals surface area (Å²) in [6.45, 7) is 2.11. The van der Waals surface area contributed by atoms with Crippen LogP contribution in [0.15, 0.2) is 53.3 Å². The molecule has 0 amide bonds. The van der Waals surface area contributed by atoms with Gasteiger partial charge in [0.25, 0.3) is 0 Å². The lowest BCUT2D eigenvalue weighted by molar-refractivity contribution is 0.101. The zero-order valence-electron chi connectivity index (χ0n) is 11.1. The fourth-order valence-corrected chi connectivity index (χ4v) is 2.20. The van der Waals surface area contributed by atoms with Crippen LogP contribution in [-0.2, 0) is 6.54 Å². The molecule has 4 heteroatoms. The number of nitrogens with zero attached hydrogens (tertiary/aromatic N) is 1. The van der Waals surface area contributed by atoms with Crippen LogP contribution in [0.4, 0.5) is 5.82 Å². The number of rotatable bonds is 4. The number of anilines is 1. The number of hydrogen-bond donors (Lipinski definition) is 1. The normalized spacial score (nSPS) is 10.7. The second kappa shape index (κ2) is 5.17. The van der Waals surface area contributed by atoms with Gasteiger partial charge in [-0.3, -0.25) is 4.79 Å². The highest BCUT2D eigenvalue weighted by molar-refractivity contribution is 6.09. The summed E-state index contributed by atoms with van der Waals surface area (Å²) in [4.78, 5) is 16.0. The first-order valence-electron chi connectivity index (χ1n) is 6.40. The van der Waals surface area contributed by atoms with Crippen LogP contribution in [-0.4, -0.2) is 10.8 Å². The number of aromatic nitrogens is 1. The maximum Gasteiger partial charge on any atom is 0.161 e. The largest absolute Gasteiger partial charge is 0.467 e. The Labute approximate surface area is 116 Å². The van der Waals surface area contributed by atoms with Crippen LogP contribution in [0.2, 0.25) is 0 Å². The van der Waals surface area contributed by atoms with E-state index in [9.17, 15) is 4.79 Å². The molecular weight excluding hydrogens is 252 g/mol. The Kier molecular flexibility index (Phi) is 3.21. The van der Waals surface area contributed by atoms with E-state index in [1.807, 2.05) is 36.4 Å². The number of ketones is 1. The highest BCUT2D eigenvalue weighted by Gasteiger charge is 2.10. The van der Waals surface area contributed by atoms with Crippen molar-refractivity contribution in [3.8, 4) is 0 Å². The molecule has 0 radical (unpaired) electrons. The van der Waals surface area contributed by atoms with E-state index in [4.69, 9.17) is 4.42 Å². The van der Waals surface area contributed by atoms with Crippen molar-refractivity contribution in [1.82, 2.24) is 4.98 Å². The van der Waals surface area contributed by atoms with Gasteiger partial charge >= 0.3 is 0 Å². The first-order valence-corrected chi connectivity index (χ1v) is 6.40. The Hall–Kier alpha value is -2.62. The van der Waals surface area contributed by atoms with E-state index in [0.717, 1.165) is 22.4 Å². The molecule has 0 spiro atoms. The molecule has 3 rings (SSSR count). The fraction of sp³-hybridized carbons (Fsp3) is 0.125. The highest BCUT2D eigenvalue weighted by atomic mass is 16.3. The van der Waals surface area contributed by atoms with Gasteiger partial charge in [0, 0.05) is 17.1 Å². The second-order valence-corrected chi connectivity index (χ2v) is 4.56. The minimum absolute atomic E-state index is 0.0197. The predicted octanol–water partition coefficient (Wildman–Crippen LogP) is 3.64. The first-order chi connectivity index (χ1) is 9.75. The van der Waals surface area contributed by atoms with E-state index >= 15 is 0 Å². The molecule has 0 atom stereocenters. The number of hydrogen-bond acceptors (Lipinski definition) is 4. The maximum atomic E-state index is 11.6. The summed E-state index contributed by atoms with van der Waals surface area (Å²) in [5, 5.41) is 5.09. The van der Waals surface area contributed by atoms with Crippen molar-refractivity contribution in [3.05, 3.63) is 60.2 Å². The van der Waals surface area contributed by atoms with Gasteiger partial charge in [0.1, 0.15) is 11.6 Å². The number of Topliss-reactive ketones (excluding diaryl/α,β-unsaturated/α-hetero) is 1. The van der Waals surface area contributed by atoms with E-state index in [-0.39, 0.29) is 5.78 Å². The molecule has 3 aromatic rings. The number of carbonyl (C=O) groups excluding carboxylic acids is 1. The van der Waals surface area contributed by atoms with E-state index in [1.165, 1.54) is 0 Å². The molecule has 0 aliphatic carbocycles. The molecule has 0 fully saturated rings. The highest BCUT2D eigenvalue weighted by Crippen LogP contribution is 2.25. The van der Waals surface area contributed by atoms with E-state index < -0.39 is 0 Å². The topological polar surface area (TPSA) is 55.1 Å². The molecule has 0 aliphatic rings. The number of fused-ring (bicyclic) bond motifs is 1. The van der Waals surface area contributed by atoms with Gasteiger partial charge in [-0.25, -0.2) is 4.98 Å². The van der Waals surface area contributed by atoms with Crippen molar-refractivity contribution in [2.75, 3.05) is 5.32 Å². The van der Waals surface area contributed by atoms with E-state index in [0.29, 0.717) is 12.1 Å². The average molecular weight is 266 g/mol. The van der Waals surface area contributed by atoms with Crippen molar-refractivity contribution in [2.24, 2.45) is 0 Å². The van der Waals surface area contributed by atoms with Gasteiger partial charge in [0.05, 0.1) is 12.8 Å². The van der Waals surface area contributed by atoms with Gasteiger partial charge in [-0.05, 0) is 24.4 Å². The molecule has 0 saturated carbocycles. The maximum absolute atomic E-state index is 11.6. The monoisotopic (exact) mass is 266 g/mol. The van der Waals surface area contributed by atoms with Crippen LogP contribution in [0.5, 0.6) is 0 Å². The lowest BCUT2D eigenvalue weighted by atomic mass is 10.0. The summed E-state index contributed by atoms with van der Waals surface area (Å²) in [5.74, 6) is 1.61. The van der Waals surface area contributed by atoms with Crippen molar-refractivity contribution < 1.29 is 9.21 Å². The van der Waals surface area contributed by atoms with E-state index in [1.54, 1.807) is 19.4 Å². The Morgan fingerprint density at radius 1 is 1.20 bits per heavy atom. The van der Waals surface area contributed by atoms with Gasteiger partial charge in [0.2, 0.25) is 0 Å². The molecule has 4 nitrogen and oxygen atoms in total. The third-order valence-corrected chi connectivity index (χ3v) is 3.18. The third kappa shape index (κ3) is 2.28. The Balaban J connectivity index is 1.99. The standard InChI is InChI=1S/C16H14N2O2/c1-11(19)15-10-18-16(14-7-3-2-6-13(14)15)17-9-12-5-4-8-20-12/h2-8,10H,9H2,1H3,(H,17,18). The lowest BCUT2D eigenvalue weighted by Gasteiger charge is -2.10. The Morgan fingerprint density at radius 2 is 2.00 bits per heavy atom. The van der Waals surface area contributed by atoms with Crippen LogP contribution in [0.25, 0.3) is 10.8 Å². The van der Waals surface area contributed by atoms with Gasteiger partial charge < -0.3 is 9.73 Å². The van der Waals surface area contributed by atoms with Crippen LogP contribution >= 0.6 is 0 Å². The molecule has 0 unspecified atom stereocenters. The Bertz CT molecular complexity index is 748. The molecule has 1 aromatic carbocycles. The summed E-state index contributed by atoms with van der Waals surface area (Å²) in [7, 11) is 0. The molecule has 0 bridgehead atoms. The van der Waals surface area contributed by atoms with Crippen LogP contribution in [0.1, 0.15) is 23.0 Å². The molecule has 0 aliphatic heterocycles. The van der Waals surface area contributed by atoms with Gasteiger partial charge in [0.15, 0.2) is 5.78 Å². The number of carbonyl (C=O) groups is 1. The summed E-state index contributed by atoms with van der Waals surface area (Å²) in [6.07, 6.45) is 3.26. The van der Waals surface area contributed by atoms with Crippen LogP contribution in [0.3, 0.4) is 0 Å². The lowest BCUT2D eigenvalue weighted by Crippen LogP contribution is -2.03. The first kappa shape index (κ1) is 12.4. The Morgan fingerprint density at radius 3 is 2.70 bits per heavy atom. The van der Waals surface area contributed by atoms with Crippen molar-refractivity contribution in [2.45, 2.75) is 13.5 Å². The van der Waals surface area contributed by atoms with Gasteiger partial charge in [-0.15, -0.1) is 0 Å². The SMILES string of the molecule is CC(=O)c1cnc(NCc2ccco2)c2ccccc12. The van der Waals surface area contributed by atoms with Gasteiger partial charge in [-0.1, -0.05) is 24.3 Å². The number of benzene rings is 1. The number of nitrogens with one attached hydrogen (secondary N) is 1. The van der Waals surface area contributed by atoms with Crippen LogP contribution in [0, 0.1) is 0 Å². The quantitative estimate of drug-likeness (QED) is 0.732. The summed E-state index contributed by atoms with van der Waals surface area (Å²) in [6, 6.07) is 11.5. The van der Waals surface area contributed by atoms with Crippen LogP contribution < -0.4 is 5.32 Å². The molecule has 1 N–H and O–H groups in total. The molecule has 0 saturated heterocycles. The number of pyridine rings is 1. The van der Waals surface area contributed by atoms with Gasteiger partial charge in [-0.2, -0.15) is 0 Å². The predicted molar refractivity (Wildman–Crippen MR) is 77.8 cm³/mol. The zero-order valence-corrected chi connectivity index (χ0v) is 11.1. The summed E-state index contributed by atoms with van der Waals surface area (Å²) < 4.78 is 5.28. The minimum atomic E-state index is 0.0197. The van der Waals surface area contributed by atoms with Crippen molar-refractivity contribution >= 4 is 22.4 Å². The summed E-state index contributed by atoms with van der Waals surface area (Å²) >= 11 is 0. The van der Waals surface area contributed by atoms with E-state index in [2.05, 4.69) is 10.3 Å². The molecule has 2 heterocycles. The molecular formula is C16H14N2O2. The van der Waals surface area contributed by atoms with Crippen molar-refractivity contribution in [1.29, 1.82) is 0 Å². The number of furan rings is 1. The minimum Gasteiger partial charge on any atom is -0.467 e. The smallest absolute Gasteiger partial charge is 0.161 e. The fourth-order valence-electron chi connectivity index (χ4n) is 2.20. The zero-order chi connectivity index (χ0) is 13.9. The summed E-state index contributed by atoms with van der Waals surface area (Å²) in [5.41, 5.74) is 0.643. The molecule has 20 heavy (non-hydrogen) atoms. The second-order valence-electron chi connectivity index (χ2n) is 4.56. The molecule has 2 aromatic heterocycles. The molecule has 100 valence electrons. The van der Waals surface area contributed by atoms with Crippen molar-refractivity contribution in [3.63, 3.8) is 0 Å². The third-order valence-electron chi connectivity index (χ3n) is 3.18.